The van der Waals surface area contributed by atoms with Crippen LogP contribution in [0.3, 0.4) is 0 Å². The number of ether oxygens (including phenoxy) is 1. The third-order valence-corrected chi connectivity index (χ3v) is 6.00. The van der Waals surface area contributed by atoms with E-state index in [0.29, 0.717) is 0 Å². The molecule has 1 unspecified atom stereocenters. The van der Waals surface area contributed by atoms with Crippen LogP contribution in [0, 0.1) is 0 Å². The topological polar surface area (TPSA) is 26.3 Å². The Balaban J connectivity index is 1.93. The summed E-state index contributed by atoms with van der Waals surface area (Å²) in [6.07, 6.45) is 3.67. The van der Waals surface area contributed by atoms with Gasteiger partial charge in [-0.3, -0.25) is 4.79 Å². The third-order valence-electron chi connectivity index (χ3n) is 6.00. The Morgan fingerprint density at radius 3 is 2.36 bits per heavy atom. The van der Waals surface area contributed by atoms with Gasteiger partial charge in [0.1, 0.15) is 11.2 Å². The van der Waals surface area contributed by atoms with E-state index < -0.39 is 5.41 Å². The Kier molecular flexibility index (Phi) is 3.63. The molecule has 0 amide bonds. The summed E-state index contributed by atoms with van der Waals surface area (Å²) < 4.78 is 5.48. The number of ketones is 1. The SMILES string of the molecule is COc1ccc2c(c1)C(C)=C(c1ccccc1)C21C(=O)C=Cc2ccccc21. The Morgan fingerprint density at radius 2 is 1.57 bits per heavy atom. The summed E-state index contributed by atoms with van der Waals surface area (Å²) in [5, 5.41) is 0. The van der Waals surface area contributed by atoms with Crippen molar-refractivity contribution in [3.05, 3.63) is 107 Å². The molecule has 3 aromatic rings. The van der Waals surface area contributed by atoms with Crippen molar-refractivity contribution >= 4 is 23.0 Å². The molecule has 0 radical (unpaired) electrons. The van der Waals surface area contributed by atoms with Crippen molar-refractivity contribution in [2.24, 2.45) is 0 Å². The van der Waals surface area contributed by atoms with E-state index in [4.69, 9.17) is 4.74 Å². The lowest BCUT2D eigenvalue weighted by Crippen LogP contribution is -2.38. The first-order chi connectivity index (χ1) is 13.7. The lowest BCUT2D eigenvalue weighted by Gasteiger charge is -2.36. The summed E-state index contributed by atoms with van der Waals surface area (Å²) in [5.74, 6) is 0.906. The number of fused-ring (bicyclic) bond motifs is 4. The first kappa shape index (κ1) is 16.8. The van der Waals surface area contributed by atoms with Gasteiger partial charge in [-0.2, -0.15) is 0 Å². The molecule has 0 N–H and O–H groups in total. The lowest BCUT2D eigenvalue weighted by molar-refractivity contribution is -0.116. The third kappa shape index (κ3) is 2.06. The van der Waals surface area contributed by atoms with E-state index in [2.05, 4.69) is 43.3 Å². The zero-order valence-corrected chi connectivity index (χ0v) is 15.9. The van der Waals surface area contributed by atoms with E-state index in [-0.39, 0.29) is 5.78 Å². The van der Waals surface area contributed by atoms with E-state index in [1.54, 1.807) is 13.2 Å². The van der Waals surface area contributed by atoms with Gasteiger partial charge in [-0.25, -0.2) is 0 Å². The number of hydrogen-bond donors (Lipinski definition) is 0. The minimum Gasteiger partial charge on any atom is -0.497 e. The van der Waals surface area contributed by atoms with Crippen LogP contribution in [0.2, 0.25) is 0 Å². The van der Waals surface area contributed by atoms with Crippen molar-refractivity contribution in [3.63, 3.8) is 0 Å². The van der Waals surface area contributed by atoms with Gasteiger partial charge in [0.05, 0.1) is 7.11 Å². The fraction of sp³-hybridized carbons (Fsp3) is 0.115. The van der Waals surface area contributed by atoms with Crippen LogP contribution >= 0.6 is 0 Å². The minimum absolute atomic E-state index is 0.105. The summed E-state index contributed by atoms with van der Waals surface area (Å²) in [5.41, 5.74) is 6.70. The van der Waals surface area contributed by atoms with Crippen molar-refractivity contribution in [3.8, 4) is 5.75 Å². The summed E-state index contributed by atoms with van der Waals surface area (Å²) in [4.78, 5) is 13.7. The van der Waals surface area contributed by atoms with E-state index in [0.717, 1.165) is 44.7 Å². The van der Waals surface area contributed by atoms with Gasteiger partial charge in [0.2, 0.25) is 0 Å². The molecule has 0 saturated heterocycles. The molecule has 0 fully saturated rings. The van der Waals surface area contributed by atoms with Crippen LogP contribution in [0.15, 0.2) is 78.9 Å². The van der Waals surface area contributed by atoms with E-state index >= 15 is 0 Å². The summed E-state index contributed by atoms with van der Waals surface area (Å²) in [7, 11) is 1.67. The molecule has 0 heterocycles. The van der Waals surface area contributed by atoms with Crippen LogP contribution in [0.5, 0.6) is 5.75 Å². The van der Waals surface area contributed by atoms with Crippen LogP contribution < -0.4 is 4.74 Å². The molecule has 28 heavy (non-hydrogen) atoms. The van der Waals surface area contributed by atoms with E-state index in [1.165, 1.54) is 0 Å². The maximum atomic E-state index is 13.7. The second-order valence-electron chi connectivity index (χ2n) is 7.31. The molecule has 2 aliphatic rings. The smallest absolute Gasteiger partial charge is 0.175 e. The Hall–Kier alpha value is -3.39. The fourth-order valence-electron chi connectivity index (χ4n) is 4.82. The number of methoxy groups -OCH3 is 1. The number of carbonyl (C=O) groups excluding carboxylic acids is 1. The highest BCUT2D eigenvalue weighted by molar-refractivity contribution is 6.22. The number of carbonyl (C=O) groups is 1. The first-order valence-corrected chi connectivity index (χ1v) is 9.45. The normalized spacial score (nSPS) is 19.7. The monoisotopic (exact) mass is 364 g/mol. The maximum absolute atomic E-state index is 13.7. The Bertz CT molecular complexity index is 1170. The summed E-state index contributed by atoms with van der Waals surface area (Å²) in [6.45, 7) is 2.11. The minimum atomic E-state index is -0.821. The van der Waals surface area contributed by atoms with Gasteiger partial charge in [-0.05, 0) is 64.1 Å². The summed E-state index contributed by atoms with van der Waals surface area (Å²) in [6, 6.07) is 24.5. The van der Waals surface area contributed by atoms with Crippen LogP contribution in [0.25, 0.3) is 17.2 Å². The van der Waals surface area contributed by atoms with Gasteiger partial charge in [0.25, 0.3) is 0 Å². The second kappa shape index (κ2) is 6.07. The molecule has 2 aliphatic carbocycles. The highest BCUT2D eigenvalue weighted by Gasteiger charge is 2.52. The van der Waals surface area contributed by atoms with E-state index in [1.807, 2.05) is 42.5 Å². The van der Waals surface area contributed by atoms with Crippen LogP contribution in [0.1, 0.15) is 34.7 Å². The Morgan fingerprint density at radius 1 is 0.821 bits per heavy atom. The van der Waals surface area contributed by atoms with Gasteiger partial charge in [-0.1, -0.05) is 66.7 Å². The maximum Gasteiger partial charge on any atom is 0.175 e. The fourth-order valence-corrected chi connectivity index (χ4v) is 4.82. The van der Waals surface area contributed by atoms with Crippen molar-refractivity contribution in [1.82, 2.24) is 0 Å². The molecule has 0 bridgehead atoms. The van der Waals surface area contributed by atoms with Crippen LogP contribution in [-0.2, 0) is 10.2 Å². The van der Waals surface area contributed by atoms with Gasteiger partial charge in [0, 0.05) is 0 Å². The van der Waals surface area contributed by atoms with E-state index in [9.17, 15) is 4.79 Å². The first-order valence-electron chi connectivity index (χ1n) is 9.45. The number of hydrogen-bond acceptors (Lipinski definition) is 2. The molecular weight excluding hydrogens is 344 g/mol. The number of allylic oxidation sites excluding steroid dienone is 3. The standard InChI is InChI=1S/C26H20O2/c1-17-21-16-20(28-2)13-14-23(21)26(25(17)19-9-4-3-5-10-19)22-11-7-6-8-18(22)12-15-24(26)27/h3-16H,1-2H3. The van der Waals surface area contributed by atoms with Crippen LogP contribution in [0.4, 0.5) is 0 Å². The van der Waals surface area contributed by atoms with Crippen molar-refractivity contribution in [1.29, 1.82) is 0 Å². The average molecular weight is 364 g/mol. The summed E-state index contributed by atoms with van der Waals surface area (Å²) >= 11 is 0. The quantitative estimate of drug-likeness (QED) is 0.598. The largest absolute Gasteiger partial charge is 0.497 e. The molecule has 2 nitrogen and oxygen atoms in total. The zero-order chi connectivity index (χ0) is 19.3. The van der Waals surface area contributed by atoms with Crippen molar-refractivity contribution < 1.29 is 9.53 Å². The number of rotatable bonds is 2. The molecule has 136 valence electrons. The highest BCUT2D eigenvalue weighted by Crippen LogP contribution is 2.57. The van der Waals surface area contributed by atoms with Crippen molar-refractivity contribution in [2.45, 2.75) is 12.3 Å². The van der Waals surface area contributed by atoms with Crippen LogP contribution in [-0.4, -0.2) is 12.9 Å². The zero-order valence-electron chi connectivity index (χ0n) is 15.9. The van der Waals surface area contributed by atoms with Crippen molar-refractivity contribution in [2.75, 3.05) is 7.11 Å². The number of benzene rings is 3. The lowest BCUT2D eigenvalue weighted by atomic mass is 9.63. The van der Waals surface area contributed by atoms with Gasteiger partial charge in [-0.15, -0.1) is 0 Å². The molecule has 5 rings (SSSR count). The molecule has 3 aromatic carbocycles. The molecular formula is C26H20O2. The predicted octanol–water partition coefficient (Wildman–Crippen LogP) is 5.52. The highest BCUT2D eigenvalue weighted by atomic mass is 16.5. The molecule has 2 heteroatoms. The molecule has 1 atom stereocenters. The molecule has 0 saturated carbocycles. The Labute approximate surface area is 164 Å². The van der Waals surface area contributed by atoms with Gasteiger partial charge in [0.15, 0.2) is 5.78 Å². The second-order valence-corrected chi connectivity index (χ2v) is 7.31. The average Bonchev–Trinajstić information content (AvgIpc) is 3.00. The van der Waals surface area contributed by atoms with Gasteiger partial charge < -0.3 is 4.74 Å². The molecule has 1 spiro atoms. The van der Waals surface area contributed by atoms with Gasteiger partial charge >= 0.3 is 0 Å². The predicted molar refractivity (Wildman–Crippen MR) is 113 cm³/mol. The molecule has 0 aromatic heterocycles. The molecule has 0 aliphatic heterocycles.